The number of nitrogens with one attached hydrogen (secondary N) is 1. The predicted octanol–water partition coefficient (Wildman–Crippen LogP) is 4.60. The summed E-state index contributed by atoms with van der Waals surface area (Å²) in [6.07, 6.45) is 2.44. The first-order chi connectivity index (χ1) is 14.2. The van der Waals surface area contributed by atoms with Crippen molar-refractivity contribution in [3.05, 3.63) is 47.6 Å². The van der Waals surface area contributed by atoms with E-state index in [9.17, 15) is 4.79 Å². The highest BCUT2D eigenvalue weighted by molar-refractivity contribution is 5.68. The lowest BCUT2D eigenvalue weighted by Gasteiger charge is -2.36. The van der Waals surface area contributed by atoms with Crippen LogP contribution in [0.15, 0.2) is 34.9 Å². The van der Waals surface area contributed by atoms with Crippen molar-refractivity contribution in [1.29, 1.82) is 0 Å². The number of ether oxygens (including phenoxy) is 1. The number of hydrogen-bond acceptors (Lipinski definition) is 6. The molecule has 2 atom stereocenters. The molecule has 1 unspecified atom stereocenters. The van der Waals surface area contributed by atoms with Gasteiger partial charge in [-0.15, -0.1) is 0 Å². The van der Waals surface area contributed by atoms with E-state index in [1.54, 1.807) is 0 Å². The van der Waals surface area contributed by atoms with E-state index in [4.69, 9.17) is 9.26 Å². The fourth-order valence-corrected chi connectivity index (χ4v) is 3.97. The molecule has 2 heterocycles. The van der Waals surface area contributed by atoms with Crippen molar-refractivity contribution in [3.8, 4) is 0 Å². The van der Waals surface area contributed by atoms with Gasteiger partial charge >= 0.3 is 6.09 Å². The zero-order valence-electron chi connectivity index (χ0n) is 18.7. The van der Waals surface area contributed by atoms with E-state index in [1.165, 1.54) is 0 Å². The van der Waals surface area contributed by atoms with E-state index in [0.29, 0.717) is 17.8 Å². The number of likely N-dealkylation sites (tertiary alicyclic amines) is 1. The Morgan fingerprint density at radius 2 is 1.93 bits per heavy atom. The molecule has 0 radical (unpaired) electrons. The van der Waals surface area contributed by atoms with E-state index >= 15 is 0 Å². The molecular weight excluding hydrogens is 380 g/mol. The topological polar surface area (TPSA) is 80.5 Å². The Balaban J connectivity index is 1.60. The van der Waals surface area contributed by atoms with Crippen molar-refractivity contribution < 1.29 is 14.1 Å². The van der Waals surface area contributed by atoms with Crippen LogP contribution in [0, 0.1) is 6.92 Å². The highest BCUT2D eigenvalue weighted by Crippen LogP contribution is 2.30. The lowest BCUT2D eigenvalue weighted by atomic mass is 9.93. The third-order valence-corrected chi connectivity index (χ3v) is 5.52. The monoisotopic (exact) mass is 414 g/mol. The molecule has 1 fully saturated rings. The van der Waals surface area contributed by atoms with Gasteiger partial charge in [-0.1, -0.05) is 35.5 Å². The number of amides is 1. The van der Waals surface area contributed by atoms with Crippen molar-refractivity contribution in [2.24, 2.45) is 0 Å². The van der Waals surface area contributed by atoms with Gasteiger partial charge in [-0.3, -0.25) is 0 Å². The summed E-state index contributed by atoms with van der Waals surface area (Å²) in [6.45, 7) is 11.7. The summed E-state index contributed by atoms with van der Waals surface area (Å²) in [5.74, 6) is 1.78. The average Bonchev–Trinajstić information content (AvgIpc) is 3.13. The van der Waals surface area contributed by atoms with Crippen LogP contribution < -0.4 is 5.32 Å². The zero-order chi connectivity index (χ0) is 21.7. The summed E-state index contributed by atoms with van der Waals surface area (Å²) < 4.78 is 10.9. The van der Waals surface area contributed by atoms with Crippen LogP contribution in [0.3, 0.4) is 0 Å². The fourth-order valence-electron chi connectivity index (χ4n) is 3.97. The maximum Gasteiger partial charge on any atom is 0.408 e. The Hall–Kier alpha value is -2.41. The van der Waals surface area contributed by atoms with Gasteiger partial charge in [0.2, 0.25) is 5.89 Å². The minimum absolute atomic E-state index is 0.104. The number of carbonyl (C=O) groups excluding carboxylic acids is 1. The number of alkyl carbamates (subject to hydrolysis) is 1. The van der Waals surface area contributed by atoms with Crippen LogP contribution in [-0.4, -0.2) is 45.9 Å². The molecule has 30 heavy (non-hydrogen) atoms. The molecule has 7 nitrogen and oxygen atoms in total. The Morgan fingerprint density at radius 3 is 2.50 bits per heavy atom. The average molecular weight is 415 g/mol. The summed E-state index contributed by atoms with van der Waals surface area (Å²) in [7, 11) is 0. The number of rotatable bonds is 6. The van der Waals surface area contributed by atoms with E-state index in [-0.39, 0.29) is 12.1 Å². The minimum Gasteiger partial charge on any atom is -0.444 e. The molecule has 0 bridgehead atoms. The summed E-state index contributed by atoms with van der Waals surface area (Å²) >= 11 is 0. The van der Waals surface area contributed by atoms with E-state index in [2.05, 4.69) is 39.4 Å². The van der Waals surface area contributed by atoms with Crippen LogP contribution in [0.1, 0.15) is 76.2 Å². The van der Waals surface area contributed by atoms with Crippen LogP contribution in [0.2, 0.25) is 0 Å². The molecule has 1 saturated heterocycles. The Kier molecular flexibility index (Phi) is 7.13. The molecular formula is C23H34N4O3. The maximum absolute atomic E-state index is 12.4. The Morgan fingerprint density at radius 1 is 1.27 bits per heavy atom. The number of piperidine rings is 1. The first kappa shape index (κ1) is 22.3. The third-order valence-electron chi connectivity index (χ3n) is 5.52. The van der Waals surface area contributed by atoms with Gasteiger partial charge in [0, 0.05) is 12.0 Å². The lowest BCUT2D eigenvalue weighted by molar-refractivity contribution is 0.0487. The molecule has 1 aromatic heterocycles. The largest absolute Gasteiger partial charge is 0.444 e. The number of nitrogens with zero attached hydrogens (tertiary/aromatic N) is 3. The molecule has 1 aromatic carbocycles. The van der Waals surface area contributed by atoms with Crippen LogP contribution in [0.4, 0.5) is 4.79 Å². The third kappa shape index (κ3) is 6.29. The van der Waals surface area contributed by atoms with Gasteiger partial charge in [0.15, 0.2) is 5.82 Å². The molecule has 0 aliphatic carbocycles. The fraction of sp³-hybridized carbons (Fsp3) is 0.609. The van der Waals surface area contributed by atoms with Gasteiger partial charge in [0.05, 0.1) is 6.04 Å². The van der Waals surface area contributed by atoms with Crippen molar-refractivity contribution in [1.82, 2.24) is 20.4 Å². The second-order valence-corrected chi connectivity index (χ2v) is 9.18. The SMILES string of the molecule is Cc1noc(C2CCN(C(C)C[C@H](NC(=O)OC(C)(C)C)c3ccccc3)CC2)n1. The Labute approximate surface area is 179 Å². The van der Waals surface area contributed by atoms with Gasteiger partial charge < -0.3 is 19.5 Å². The Bertz CT molecular complexity index is 807. The van der Waals surface area contributed by atoms with Gasteiger partial charge in [-0.2, -0.15) is 4.98 Å². The van der Waals surface area contributed by atoms with Crippen molar-refractivity contribution >= 4 is 6.09 Å². The minimum atomic E-state index is -0.522. The first-order valence-corrected chi connectivity index (χ1v) is 10.8. The van der Waals surface area contributed by atoms with E-state index in [0.717, 1.165) is 43.8 Å². The summed E-state index contributed by atoms with van der Waals surface area (Å²) in [5, 5.41) is 7.00. The highest BCUT2D eigenvalue weighted by Gasteiger charge is 2.29. The van der Waals surface area contributed by atoms with Crippen molar-refractivity contribution in [2.75, 3.05) is 13.1 Å². The molecule has 1 amide bonds. The first-order valence-electron chi connectivity index (χ1n) is 10.8. The molecule has 2 aromatic rings. The summed E-state index contributed by atoms with van der Waals surface area (Å²) in [6, 6.07) is 10.3. The maximum atomic E-state index is 12.4. The standard InChI is InChI=1S/C23H34N4O3/c1-16(27-13-11-19(12-14-27)21-24-17(2)26-30-21)15-20(18-9-7-6-8-10-18)25-22(28)29-23(3,4)5/h6-10,16,19-20H,11-15H2,1-5H3,(H,25,28)/t16?,20-/m0/s1. The van der Waals surface area contributed by atoms with Gasteiger partial charge in [-0.25, -0.2) is 4.79 Å². The second-order valence-electron chi connectivity index (χ2n) is 9.18. The second kappa shape index (κ2) is 9.60. The number of aromatic nitrogens is 2. The van der Waals surface area contributed by atoms with Crippen molar-refractivity contribution in [2.45, 2.75) is 77.5 Å². The smallest absolute Gasteiger partial charge is 0.408 e. The van der Waals surface area contributed by atoms with Gasteiger partial charge in [0.25, 0.3) is 0 Å². The normalized spacial score (nSPS) is 18.0. The van der Waals surface area contributed by atoms with Crippen LogP contribution in [-0.2, 0) is 4.74 Å². The summed E-state index contributed by atoms with van der Waals surface area (Å²) in [5.41, 5.74) is 0.567. The molecule has 0 saturated carbocycles. The van der Waals surface area contributed by atoms with E-state index < -0.39 is 5.60 Å². The highest BCUT2D eigenvalue weighted by atomic mass is 16.6. The van der Waals surface area contributed by atoms with Crippen LogP contribution in [0.25, 0.3) is 0 Å². The lowest BCUT2D eigenvalue weighted by Crippen LogP contribution is -2.42. The van der Waals surface area contributed by atoms with E-state index in [1.807, 2.05) is 45.9 Å². The quantitative estimate of drug-likeness (QED) is 0.744. The predicted molar refractivity (Wildman–Crippen MR) is 115 cm³/mol. The van der Waals surface area contributed by atoms with Crippen LogP contribution in [0.5, 0.6) is 0 Å². The molecule has 0 spiro atoms. The molecule has 1 N–H and O–H groups in total. The number of benzene rings is 1. The number of aryl methyl sites for hydroxylation is 1. The van der Waals surface area contributed by atoms with Gasteiger partial charge in [-0.05, 0) is 72.5 Å². The number of carbonyl (C=O) groups is 1. The molecule has 1 aliphatic heterocycles. The molecule has 7 heteroatoms. The van der Waals surface area contributed by atoms with Crippen molar-refractivity contribution in [3.63, 3.8) is 0 Å². The molecule has 164 valence electrons. The molecule has 3 rings (SSSR count). The number of hydrogen-bond donors (Lipinski definition) is 1. The van der Waals surface area contributed by atoms with Gasteiger partial charge in [0.1, 0.15) is 5.60 Å². The molecule has 1 aliphatic rings. The zero-order valence-corrected chi connectivity index (χ0v) is 18.7. The van der Waals surface area contributed by atoms with Crippen LogP contribution >= 0.6 is 0 Å². The summed E-state index contributed by atoms with van der Waals surface area (Å²) in [4.78, 5) is 19.3.